The van der Waals surface area contributed by atoms with E-state index in [0.29, 0.717) is 17.2 Å². The molecule has 0 bridgehead atoms. The van der Waals surface area contributed by atoms with Crippen molar-refractivity contribution in [1.29, 1.82) is 0 Å². The lowest BCUT2D eigenvalue weighted by Gasteiger charge is -2.13. The average Bonchev–Trinajstić information content (AvgIpc) is 2.97. The van der Waals surface area contributed by atoms with Crippen LogP contribution in [0.1, 0.15) is 34.2 Å². The normalized spacial score (nSPS) is 13.4. The summed E-state index contributed by atoms with van der Waals surface area (Å²) < 4.78 is 39.8. The first-order valence-electron chi connectivity index (χ1n) is 11.0. The second-order valence-electron chi connectivity index (χ2n) is 8.41. The highest BCUT2D eigenvalue weighted by molar-refractivity contribution is 8.14. The van der Waals surface area contributed by atoms with E-state index in [2.05, 4.69) is 5.32 Å². The standard InChI is InChI=1S/C27H24F3N3OS/c1-16-8-10-19(11-9-16)22-14-26(33-24-13-18(3)17(2)12-23(24)31-22)35-15-25(34)32-21-7-5-4-6-20(21)27(28,29)30/h4-13H,14-15H2,1-3H3,(H,32,34). The Bertz CT molecular complexity index is 1330. The van der Waals surface area contributed by atoms with Crippen molar-refractivity contribution >= 4 is 45.5 Å². The van der Waals surface area contributed by atoms with Crippen LogP contribution in [0.25, 0.3) is 0 Å². The number of carbonyl (C=O) groups excluding carboxylic acids is 1. The van der Waals surface area contributed by atoms with Gasteiger partial charge in [0.25, 0.3) is 0 Å². The van der Waals surface area contributed by atoms with Crippen molar-refractivity contribution in [3.8, 4) is 0 Å². The van der Waals surface area contributed by atoms with E-state index >= 15 is 0 Å². The summed E-state index contributed by atoms with van der Waals surface area (Å²) in [5.74, 6) is -0.611. The number of nitrogens with zero attached hydrogens (tertiary/aromatic N) is 2. The fourth-order valence-corrected chi connectivity index (χ4v) is 4.41. The molecule has 3 aromatic rings. The van der Waals surface area contributed by atoms with E-state index in [1.54, 1.807) is 0 Å². The number of aryl methyl sites for hydroxylation is 3. The summed E-state index contributed by atoms with van der Waals surface area (Å²) in [6.07, 6.45) is -4.14. The number of nitrogens with one attached hydrogen (secondary N) is 1. The summed E-state index contributed by atoms with van der Waals surface area (Å²) in [6.45, 7) is 6.03. The number of benzene rings is 3. The van der Waals surface area contributed by atoms with E-state index in [1.165, 1.54) is 30.0 Å². The van der Waals surface area contributed by atoms with Gasteiger partial charge in [-0.2, -0.15) is 13.2 Å². The molecule has 0 aromatic heterocycles. The molecule has 1 aliphatic rings. The number of hydrogen-bond donors (Lipinski definition) is 1. The third-order valence-electron chi connectivity index (χ3n) is 5.67. The van der Waals surface area contributed by atoms with Crippen molar-refractivity contribution in [3.05, 3.63) is 88.5 Å². The van der Waals surface area contributed by atoms with Gasteiger partial charge < -0.3 is 5.32 Å². The molecule has 0 fully saturated rings. The third-order valence-corrected chi connectivity index (χ3v) is 6.65. The summed E-state index contributed by atoms with van der Waals surface area (Å²) in [4.78, 5) is 22.2. The number of para-hydroxylation sites is 1. The van der Waals surface area contributed by atoms with E-state index < -0.39 is 17.6 Å². The number of anilines is 1. The van der Waals surface area contributed by atoms with E-state index in [-0.39, 0.29) is 11.4 Å². The van der Waals surface area contributed by atoms with Gasteiger partial charge >= 0.3 is 6.18 Å². The number of fused-ring (bicyclic) bond motifs is 1. The lowest BCUT2D eigenvalue weighted by atomic mass is 10.1. The van der Waals surface area contributed by atoms with Crippen LogP contribution in [0, 0.1) is 20.8 Å². The fraction of sp³-hybridized carbons (Fsp3) is 0.222. The average molecular weight is 496 g/mol. The molecule has 0 atom stereocenters. The Kier molecular flexibility index (Phi) is 7.12. The molecule has 0 saturated heterocycles. The molecule has 0 unspecified atom stereocenters. The summed E-state index contributed by atoms with van der Waals surface area (Å²) in [5.41, 5.74) is 5.42. The maximum atomic E-state index is 13.3. The smallest absolute Gasteiger partial charge is 0.325 e. The van der Waals surface area contributed by atoms with E-state index in [0.717, 1.165) is 39.7 Å². The Morgan fingerprint density at radius 3 is 2.23 bits per heavy atom. The van der Waals surface area contributed by atoms with Gasteiger partial charge in [0, 0.05) is 6.42 Å². The van der Waals surface area contributed by atoms with Gasteiger partial charge in [0.2, 0.25) is 5.91 Å². The van der Waals surface area contributed by atoms with Crippen LogP contribution in [0.15, 0.2) is 70.6 Å². The van der Waals surface area contributed by atoms with E-state index in [1.807, 2.05) is 57.2 Å². The van der Waals surface area contributed by atoms with E-state index in [9.17, 15) is 18.0 Å². The predicted molar refractivity (Wildman–Crippen MR) is 138 cm³/mol. The number of hydrogen-bond acceptors (Lipinski definition) is 4. The van der Waals surface area contributed by atoms with Gasteiger partial charge in [-0.15, -0.1) is 11.8 Å². The molecule has 1 N–H and O–H groups in total. The summed E-state index contributed by atoms with van der Waals surface area (Å²) in [5, 5.41) is 3.06. The molecule has 1 amide bonds. The second-order valence-corrected chi connectivity index (χ2v) is 9.46. The summed E-state index contributed by atoms with van der Waals surface area (Å²) in [6, 6.07) is 16.9. The van der Waals surface area contributed by atoms with Gasteiger partial charge in [-0.1, -0.05) is 42.0 Å². The van der Waals surface area contributed by atoms with Crippen molar-refractivity contribution in [2.45, 2.75) is 33.4 Å². The minimum atomic E-state index is -4.55. The van der Waals surface area contributed by atoms with Crippen molar-refractivity contribution in [1.82, 2.24) is 0 Å². The fourth-order valence-electron chi connectivity index (χ4n) is 3.64. The first-order valence-corrected chi connectivity index (χ1v) is 12.0. The van der Waals surface area contributed by atoms with Crippen molar-refractivity contribution in [3.63, 3.8) is 0 Å². The zero-order valence-corrected chi connectivity index (χ0v) is 20.3. The molecule has 0 saturated carbocycles. The number of rotatable bonds is 4. The third kappa shape index (κ3) is 6.00. The minimum Gasteiger partial charge on any atom is -0.325 e. The lowest BCUT2D eigenvalue weighted by molar-refractivity contribution is -0.137. The number of amides is 1. The second kappa shape index (κ2) is 10.1. The Morgan fingerprint density at radius 1 is 0.943 bits per heavy atom. The predicted octanol–water partition coefficient (Wildman–Crippen LogP) is 7.56. The van der Waals surface area contributed by atoms with Crippen LogP contribution in [0.2, 0.25) is 0 Å². The van der Waals surface area contributed by atoms with Gasteiger partial charge in [0.1, 0.15) is 0 Å². The molecule has 0 aliphatic carbocycles. The maximum Gasteiger partial charge on any atom is 0.418 e. The first kappa shape index (κ1) is 24.7. The Labute approximate surface area is 206 Å². The van der Waals surface area contributed by atoms with Gasteiger partial charge in [0.05, 0.1) is 39.1 Å². The largest absolute Gasteiger partial charge is 0.418 e. The van der Waals surface area contributed by atoms with Crippen LogP contribution in [-0.2, 0) is 11.0 Å². The van der Waals surface area contributed by atoms with Gasteiger partial charge in [-0.3, -0.25) is 9.79 Å². The molecule has 4 rings (SSSR count). The molecule has 3 aromatic carbocycles. The summed E-state index contributed by atoms with van der Waals surface area (Å²) in [7, 11) is 0. The van der Waals surface area contributed by atoms with Crippen molar-refractivity contribution < 1.29 is 18.0 Å². The molecule has 0 spiro atoms. The van der Waals surface area contributed by atoms with Crippen LogP contribution in [0.3, 0.4) is 0 Å². The molecule has 35 heavy (non-hydrogen) atoms. The number of halogens is 3. The van der Waals surface area contributed by atoms with Crippen LogP contribution in [-0.4, -0.2) is 22.4 Å². The lowest BCUT2D eigenvalue weighted by Crippen LogP contribution is -2.19. The topological polar surface area (TPSA) is 53.8 Å². The molecule has 1 heterocycles. The highest BCUT2D eigenvalue weighted by Gasteiger charge is 2.33. The van der Waals surface area contributed by atoms with Gasteiger partial charge in [-0.25, -0.2) is 4.99 Å². The molecule has 0 radical (unpaired) electrons. The number of aliphatic imine (C=N–C) groups is 2. The first-order chi connectivity index (χ1) is 16.6. The Balaban J connectivity index is 1.58. The SMILES string of the molecule is Cc1ccc(C2=Nc3cc(C)c(C)cc3N=C(SCC(=O)Nc3ccccc3C(F)(F)F)C2)cc1. The Morgan fingerprint density at radius 2 is 1.57 bits per heavy atom. The molecule has 180 valence electrons. The number of carbonyl (C=O) groups is 1. The minimum absolute atomic E-state index is 0.0770. The van der Waals surface area contributed by atoms with Crippen LogP contribution < -0.4 is 5.32 Å². The molecular weight excluding hydrogens is 471 g/mol. The van der Waals surface area contributed by atoms with Crippen molar-refractivity contribution in [2.24, 2.45) is 9.98 Å². The van der Waals surface area contributed by atoms with Crippen LogP contribution in [0.5, 0.6) is 0 Å². The monoisotopic (exact) mass is 495 g/mol. The number of thioether (sulfide) groups is 1. The zero-order chi connectivity index (χ0) is 25.2. The molecule has 8 heteroatoms. The highest BCUT2D eigenvalue weighted by atomic mass is 32.2. The number of alkyl halides is 3. The van der Waals surface area contributed by atoms with Crippen LogP contribution >= 0.6 is 11.8 Å². The highest BCUT2D eigenvalue weighted by Crippen LogP contribution is 2.37. The van der Waals surface area contributed by atoms with E-state index in [4.69, 9.17) is 9.98 Å². The molecule has 4 nitrogen and oxygen atoms in total. The molecule has 1 aliphatic heterocycles. The molecular formula is C27H24F3N3OS. The maximum absolute atomic E-state index is 13.3. The quantitative estimate of drug-likeness (QED) is 0.406. The summed E-state index contributed by atoms with van der Waals surface area (Å²) >= 11 is 1.20. The Hall–Kier alpha value is -3.39. The van der Waals surface area contributed by atoms with Gasteiger partial charge in [-0.05, 0) is 61.7 Å². The van der Waals surface area contributed by atoms with Crippen molar-refractivity contribution in [2.75, 3.05) is 11.1 Å². The van der Waals surface area contributed by atoms with Gasteiger partial charge in [0.15, 0.2) is 0 Å². The van der Waals surface area contributed by atoms with Crippen LogP contribution in [0.4, 0.5) is 30.2 Å². The zero-order valence-electron chi connectivity index (χ0n) is 19.5.